The van der Waals surface area contributed by atoms with Gasteiger partial charge in [-0.1, -0.05) is 13.0 Å². The van der Waals surface area contributed by atoms with Crippen LogP contribution in [-0.4, -0.2) is 26.2 Å². The number of fused-ring (bicyclic) bond motifs is 1. The summed E-state index contributed by atoms with van der Waals surface area (Å²) in [6, 6.07) is 8.51. The van der Waals surface area contributed by atoms with Gasteiger partial charge in [-0.3, -0.25) is 0 Å². The van der Waals surface area contributed by atoms with Gasteiger partial charge in [0.2, 0.25) is 0 Å². The second kappa shape index (κ2) is 6.17. The average molecular weight is 343 g/mol. The molecule has 0 saturated heterocycles. The van der Waals surface area contributed by atoms with Crippen LogP contribution in [0.25, 0.3) is 5.57 Å². The lowest BCUT2D eigenvalue weighted by Gasteiger charge is -2.39. The summed E-state index contributed by atoms with van der Waals surface area (Å²) in [6.07, 6.45) is 3.32. The lowest BCUT2D eigenvalue weighted by Crippen LogP contribution is -2.37. The van der Waals surface area contributed by atoms with Gasteiger partial charge in [-0.15, -0.1) is 11.3 Å². The van der Waals surface area contributed by atoms with Crippen molar-refractivity contribution in [3.05, 3.63) is 51.3 Å². The molecule has 0 N–H and O–H groups in total. The Balaban J connectivity index is 2.16. The van der Waals surface area contributed by atoms with Crippen molar-refractivity contribution in [2.24, 2.45) is 0 Å². The maximum atomic E-state index is 5.49. The van der Waals surface area contributed by atoms with E-state index in [4.69, 9.17) is 9.47 Å². The van der Waals surface area contributed by atoms with E-state index in [1.165, 1.54) is 20.9 Å². The van der Waals surface area contributed by atoms with Crippen LogP contribution in [0.1, 0.15) is 41.7 Å². The highest BCUT2D eigenvalue weighted by Crippen LogP contribution is 2.46. The van der Waals surface area contributed by atoms with Gasteiger partial charge in [0, 0.05) is 28.6 Å². The summed E-state index contributed by atoms with van der Waals surface area (Å²) in [7, 11) is 5.49. The predicted molar refractivity (Wildman–Crippen MR) is 101 cm³/mol. The molecule has 0 spiro atoms. The molecule has 0 aliphatic carbocycles. The normalized spacial score (nSPS) is 15.8. The molecule has 3 nitrogen and oxygen atoms in total. The van der Waals surface area contributed by atoms with E-state index in [9.17, 15) is 0 Å². The van der Waals surface area contributed by atoms with E-state index in [1.807, 2.05) is 17.4 Å². The number of hydrogen-bond donors (Lipinski definition) is 0. The Labute approximate surface area is 148 Å². The molecule has 0 atom stereocenters. The Morgan fingerprint density at radius 2 is 1.79 bits per heavy atom. The number of methoxy groups -OCH3 is 2. The molecule has 0 unspecified atom stereocenters. The van der Waals surface area contributed by atoms with Crippen LogP contribution >= 0.6 is 11.3 Å². The summed E-state index contributed by atoms with van der Waals surface area (Å²) in [4.78, 5) is 5.09. The van der Waals surface area contributed by atoms with Crippen molar-refractivity contribution < 1.29 is 9.47 Å². The summed E-state index contributed by atoms with van der Waals surface area (Å²) < 4.78 is 10.9. The first kappa shape index (κ1) is 16.9. The quantitative estimate of drug-likeness (QED) is 0.788. The molecule has 2 heterocycles. The van der Waals surface area contributed by atoms with Crippen LogP contribution in [0.2, 0.25) is 0 Å². The highest BCUT2D eigenvalue weighted by atomic mass is 32.1. The van der Waals surface area contributed by atoms with E-state index in [1.54, 1.807) is 14.2 Å². The van der Waals surface area contributed by atoms with Crippen LogP contribution < -0.4 is 9.47 Å². The van der Waals surface area contributed by atoms with Crippen molar-refractivity contribution >= 4 is 16.9 Å². The number of benzene rings is 1. The van der Waals surface area contributed by atoms with Gasteiger partial charge in [0.1, 0.15) is 0 Å². The molecule has 0 saturated carbocycles. The smallest absolute Gasteiger partial charge is 0.161 e. The SMILES string of the molecule is CCc1cc2c(s1)C(c1ccc(OC)c(OC)c1)=CN(C)C2(C)C. The number of nitrogens with zero attached hydrogens (tertiary/aromatic N) is 1. The topological polar surface area (TPSA) is 21.7 Å². The highest BCUT2D eigenvalue weighted by molar-refractivity contribution is 7.13. The molecule has 0 amide bonds. The summed E-state index contributed by atoms with van der Waals surface area (Å²) in [5.41, 5.74) is 3.80. The van der Waals surface area contributed by atoms with Crippen molar-refractivity contribution in [2.45, 2.75) is 32.7 Å². The zero-order chi connectivity index (χ0) is 17.5. The number of rotatable bonds is 4. The molecule has 2 aromatic rings. The van der Waals surface area contributed by atoms with Gasteiger partial charge in [-0.25, -0.2) is 0 Å². The lowest BCUT2D eigenvalue weighted by atomic mass is 9.86. The third kappa shape index (κ3) is 2.59. The summed E-state index contributed by atoms with van der Waals surface area (Å²) in [6.45, 7) is 6.77. The van der Waals surface area contributed by atoms with Crippen molar-refractivity contribution in [1.29, 1.82) is 0 Å². The molecule has 3 rings (SSSR count). The summed E-state index contributed by atoms with van der Waals surface area (Å²) in [5.74, 6) is 1.52. The summed E-state index contributed by atoms with van der Waals surface area (Å²) in [5, 5.41) is 0. The molecule has 128 valence electrons. The van der Waals surface area contributed by atoms with Gasteiger partial charge >= 0.3 is 0 Å². The molecule has 0 bridgehead atoms. The Bertz CT molecular complexity index is 789. The van der Waals surface area contributed by atoms with E-state index >= 15 is 0 Å². The Morgan fingerprint density at radius 1 is 1.08 bits per heavy atom. The van der Waals surface area contributed by atoms with Crippen LogP contribution in [0.15, 0.2) is 30.5 Å². The van der Waals surface area contributed by atoms with Gasteiger partial charge in [-0.2, -0.15) is 0 Å². The highest BCUT2D eigenvalue weighted by Gasteiger charge is 2.34. The Kier molecular flexibility index (Phi) is 4.35. The van der Waals surface area contributed by atoms with Crippen LogP contribution in [0.4, 0.5) is 0 Å². The molecule has 1 aliphatic rings. The Morgan fingerprint density at radius 3 is 2.42 bits per heavy atom. The van der Waals surface area contributed by atoms with Crippen molar-refractivity contribution in [3.63, 3.8) is 0 Å². The van der Waals surface area contributed by atoms with Gasteiger partial charge in [0.05, 0.1) is 19.8 Å². The largest absolute Gasteiger partial charge is 0.493 e. The maximum absolute atomic E-state index is 5.49. The molecular formula is C20H25NO2S. The molecule has 1 aliphatic heterocycles. The van der Waals surface area contributed by atoms with E-state index < -0.39 is 0 Å². The van der Waals surface area contributed by atoms with Crippen molar-refractivity contribution in [2.75, 3.05) is 21.3 Å². The third-order valence-electron chi connectivity index (χ3n) is 4.93. The van der Waals surface area contributed by atoms with Gasteiger partial charge in [-0.05, 0) is 49.6 Å². The first-order chi connectivity index (χ1) is 11.4. The minimum atomic E-state index is -0.000685. The Hall–Kier alpha value is -1.94. The van der Waals surface area contributed by atoms with Crippen LogP contribution in [0.3, 0.4) is 0 Å². The first-order valence-corrected chi connectivity index (χ1v) is 9.04. The number of thiophene rings is 1. The molecule has 24 heavy (non-hydrogen) atoms. The van der Waals surface area contributed by atoms with E-state index in [2.05, 4.69) is 57.1 Å². The van der Waals surface area contributed by atoms with Crippen molar-refractivity contribution in [1.82, 2.24) is 4.90 Å². The first-order valence-electron chi connectivity index (χ1n) is 8.23. The standard InChI is InChI=1S/C20H25NO2S/c1-7-14-11-16-19(24-14)15(12-21(4)20(16,2)3)13-8-9-17(22-5)18(10-13)23-6/h8-12H,7H2,1-6H3. The van der Waals surface area contributed by atoms with Crippen LogP contribution in [0.5, 0.6) is 11.5 Å². The van der Waals surface area contributed by atoms with Gasteiger partial charge in [0.25, 0.3) is 0 Å². The maximum Gasteiger partial charge on any atom is 0.161 e. The summed E-state index contributed by atoms with van der Waals surface area (Å²) >= 11 is 1.90. The predicted octanol–water partition coefficient (Wildman–Crippen LogP) is 4.90. The molecule has 1 aromatic carbocycles. The van der Waals surface area contributed by atoms with Crippen molar-refractivity contribution in [3.8, 4) is 11.5 Å². The fourth-order valence-electron chi connectivity index (χ4n) is 3.08. The van der Waals surface area contributed by atoms with Crippen LogP contribution in [-0.2, 0) is 12.0 Å². The minimum Gasteiger partial charge on any atom is -0.493 e. The van der Waals surface area contributed by atoms with E-state index in [0.717, 1.165) is 23.5 Å². The number of hydrogen-bond acceptors (Lipinski definition) is 4. The number of ether oxygens (including phenoxy) is 2. The second-order valence-electron chi connectivity index (χ2n) is 6.59. The monoisotopic (exact) mass is 343 g/mol. The molecule has 1 aromatic heterocycles. The van der Waals surface area contributed by atoms with Gasteiger partial charge in [0.15, 0.2) is 11.5 Å². The molecule has 4 heteroatoms. The molecule has 0 radical (unpaired) electrons. The fraction of sp³-hybridized carbons (Fsp3) is 0.400. The fourth-order valence-corrected chi connectivity index (χ4v) is 4.37. The zero-order valence-corrected chi connectivity index (χ0v) is 16.1. The average Bonchev–Trinajstić information content (AvgIpc) is 3.03. The number of aryl methyl sites for hydroxylation is 1. The second-order valence-corrected chi connectivity index (χ2v) is 7.73. The van der Waals surface area contributed by atoms with Gasteiger partial charge < -0.3 is 14.4 Å². The molecule has 0 fully saturated rings. The lowest BCUT2D eigenvalue weighted by molar-refractivity contribution is 0.225. The van der Waals surface area contributed by atoms with E-state index in [0.29, 0.717) is 0 Å². The van der Waals surface area contributed by atoms with Crippen LogP contribution in [0, 0.1) is 0 Å². The van der Waals surface area contributed by atoms with E-state index in [-0.39, 0.29) is 5.54 Å². The molecular weight excluding hydrogens is 318 g/mol. The minimum absolute atomic E-state index is 0.000685. The third-order valence-corrected chi connectivity index (χ3v) is 6.25. The zero-order valence-electron chi connectivity index (χ0n) is 15.3.